The molecule has 7 nitrogen and oxygen atoms in total. The molecule has 0 bridgehead atoms. The van der Waals surface area contributed by atoms with Gasteiger partial charge in [0, 0.05) is 45.8 Å². The van der Waals surface area contributed by atoms with E-state index in [9.17, 15) is 9.59 Å². The van der Waals surface area contributed by atoms with Crippen LogP contribution in [0.1, 0.15) is 19.3 Å². The lowest BCUT2D eigenvalue weighted by atomic mass is 9.99. The lowest BCUT2D eigenvalue weighted by molar-refractivity contribution is -0.143. The molecule has 2 aliphatic heterocycles. The minimum absolute atomic E-state index is 0.124. The van der Waals surface area contributed by atoms with Gasteiger partial charge in [0.1, 0.15) is 0 Å². The smallest absolute Gasteiger partial charge is 0.317 e. The second kappa shape index (κ2) is 8.19. The zero-order valence-corrected chi connectivity index (χ0v) is 12.5. The number of likely N-dealkylation sites (tertiary alicyclic amines) is 1. The van der Waals surface area contributed by atoms with E-state index in [0.29, 0.717) is 26.1 Å². The van der Waals surface area contributed by atoms with E-state index >= 15 is 0 Å². The van der Waals surface area contributed by atoms with E-state index in [-0.39, 0.29) is 6.03 Å². The zero-order valence-electron chi connectivity index (χ0n) is 12.5. The van der Waals surface area contributed by atoms with Crippen LogP contribution < -0.4 is 10.6 Å². The summed E-state index contributed by atoms with van der Waals surface area (Å²) in [6.07, 6.45) is 2.37. The molecule has 0 saturated carbocycles. The largest absolute Gasteiger partial charge is 0.481 e. The number of piperidine rings is 1. The first-order valence-electron chi connectivity index (χ1n) is 7.85. The minimum atomic E-state index is -0.800. The van der Waals surface area contributed by atoms with Gasteiger partial charge in [-0.3, -0.25) is 4.79 Å². The highest BCUT2D eigenvalue weighted by Gasteiger charge is 2.27. The molecule has 0 aromatic carbocycles. The summed E-state index contributed by atoms with van der Waals surface area (Å²) in [5.74, 6) is -1.21. The van der Waals surface area contributed by atoms with Crippen LogP contribution >= 0.6 is 0 Å². The molecular weight excluding hydrogens is 272 g/mol. The quantitative estimate of drug-likeness (QED) is 0.612. The summed E-state index contributed by atoms with van der Waals surface area (Å²) in [6.45, 7) is 6.86. The van der Waals surface area contributed by atoms with Crippen molar-refractivity contribution in [3.63, 3.8) is 0 Å². The van der Waals surface area contributed by atoms with Gasteiger partial charge in [0.15, 0.2) is 0 Å². The maximum Gasteiger partial charge on any atom is 0.317 e. The van der Waals surface area contributed by atoms with Gasteiger partial charge in [-0.1, -0.05) is 0 Å². The number of nitrogens with zero attached hydrogens (tertiary/aromatic N) is 2. The molecule has 1 atom stereocenters. The Morgan fingerprint density at radius 3 is 2.71 bits per heavy atom. The summed E-state index contributed by atoms with van der Waals surface area (Å²) in [5, 5.41) is 15.2. The Morgan fingerprint density at radius 2 is 2.00 bits per heavy atom. The monoisotopic (exact) mass is 298 g/mol. The van der Waals surface area contributed by atoms with Crippen molar-refractivity contribution in [1.29, 1.82) is 0 Å². The molecule has 0 radical (unpaired) electrons. The summed E-state index contributed by atoms with van der Waals surface area (Å²) in [6, 6.07) is -0.124. The van der Waals surface area contributed by atoms with E-state index in [1.165, 1.54) is 0 Å². The fourth-order valence-electron chi connectivity index (χ4n) is 2.91. The van der Waals surface area contributed by atoms with Gasteiger partial charge in [0.25, 0.3) is 0 Å². The Hall–Kier alpha value is -1.34. The van der Waals surface area contributed by atoms with Crippen LogP contribution in [0.4, 0.5) is 4.79 Å². The van der Waals surface area contributed by atoms with Crippen LogP contribution in [0.25, 0.3) is 0 Å². The van der Waals surface area contributed by atoms with Crippen LogP contribution in [0.15, 0.2) is 0 Å². The van der Waals surface area contributed by atoms with Crippen molar-refractivity contribution >= 4 is 12.0 Å². The van der Waals surface area contributed by atoms with Gasteiger partial charge in [-0.25, -0.2) is 4.79 Å². The molecule has 0 aromatic rings. The predicted octanol–water partition coefficient (Wildman–Crippen LogP) is -0.212. The number of carboxylic acids is 1. The first-order chi connectivity index (χ1) is 10.2. The number of urea groups is 1. The number of hydrogen-bond acceptors (Lipinski definition) is 4. The molecule has 2 heterocycles. The fourth-order valence-corrected chi connectivity index (χ4v) is 2.91. The molecule has 0 spiro atoms. The molecule has 2 saturated heterocycles. The Kier molecular flexibility index (Phi) is 6.25. The lowest BCUT2D eigenvalue weighted by Crippen LogP contribution is -2.48. The first-order valence-corrected chi connectivity index (χ1v) is 7.85. The van der Waals surface area contributed by atoms with Gasteiger partial charge in [-0.15, -0.1) is 0 Å². The number of hydrogen-bond donors (Lipinski definition) is 3. The van der Waals surface area contributed by atoms with Crippen molar-refractivity contribution in [3.8, 4) is 0 Å². The van der Waals surface area contributed by atoms with E-state index in [4.69, 9.17) is 5.11 Å². The standard InChI is InChI=1S/C14H26N4O3/c19-13(20)12-3-1-8-18(11-12)14(21)16-4-2-7-17-9-5-15-6-10-17/h12,15H,1-11H2,(H,16,21)(H,19,20)/t12-/m1/s1. The molecule has 2 amide bonds. The third kappa shape index (κ3) is 5.17. The second-order valence-corrected chi connectivity index (χ2v) is 5.80. The van der Waals surface area contributed by atoms with Gasteiger partial charge in [0.05, 0.1) is 5.92 Å². The Bertz CT molecular complexity index is 358. The van der Waals surface area contributed by atoms with Crippen molar-refractivity contribution in [2.45, 2.75) is 19.3 Å². The van der Waals surface area contributed by atoms with Gasteiger partial charge < -0.3 is 25.5 Å². The van der Waals surface area contributed by atoms with Crippen LogP contribution in [0.5, 0.6) is 0 Å². The Balaban J connectivity index is 1.61. The summed E-state index contributed by atoms with van der Waals surface area (Å²) >= 11 is 0. The molecule has 21 heavy (non-hydrogen) atoms. The number of aliphatic carboxylic acids is 1. The van der Waals surface area contributed by atoms with Gasteiger partial charge in [-0.05, 0) is 25.8 Å². The molecule has 0 unspecified atom stereocenters. The van der Waals surface area contributed by atoms with Crippen molar-refractivity contribution in [1.82, 2.24) is 20.4 Å². The lowest BCUT2D eigenvalue weighted by Gasteiger charge is -2.31. The molecule has 2 rings (SSSR count). The van der Waals surface area contributed by atoms with Crippen LogP contribution in [0, 0.1) is 5.92 Å². The number of piperazine rings is 1. The highest BCUT2D eigenvalue weighted by Crippen LogP contribution is 2.16. The Morgan fingerprint density at radius 1 is 1.24 bits per heavy atom. The van der Waals surface area contributed by atoms with Gasteiger partial charge in [-0.2, -0.15) is 0 Å². The number of carbonyl (C=O) groups is 2. The number of nitrogens with one attached hydrogen (secondary N) is 2. The Labute approximate surface area is 125 Å². The van der Waals surface area contributed by atoms with Crippen LogP contribution in [0.2, 0.25) is 0 Å². The van der Waals surface area contributed by atoms with Crippen LogP contribution in [0.3, 0.4) is 0 Å². The zero-order chi connectivity index (χ0) is 15.1. The van der Waals surface area contributed by atoms with E-state index in [0.717, 1.165) is 45.6 Å². The van der Waals surface area contributed by atoms with Crippen molar-refractivity contribution < 1.29 is 14.7 Å². The molecule has 0 aliphatic carbocycles. The van der Waals surface area contributed by atoms with Crippen molar-refractivity contribution in [2.24, 2.45) is 5.92 Å². The molecule has 3 N–H and O–H groups in total. The van der Waals surface area contributed by atoms with Gasteiger partial charge in [0.2, 0.25) is 0 Å². The average molecular weight is 298 g/mol. The molecule has 2 aliphatic rings. The summed E-state index contributed by atoms with van der Waals surface area (Å²) < 4.78 is 0. The van der Waals surface area contributed by atoms with E-state index in [1.807, 2.05) is 0 Å². The van der Waals surface area contributed by atoms with E-state index < -0.39 is 11.9 Å². The molecule has 0 aromatic heterocycles. The van der Waals surface area contributed by atoms with E-state index in [1.54, 1.807) is 4.90 Å². The van der Waals surface area contributed by atoms with Crippen molar-refractivity contribution in [3.05, 3.63) is 0 Å². The minimum Gasteiger partial charge on any atom is -0.481 e. The van der Waals surface area contributed by atoms with Crippen molar-refractivity contribution in [2.75, 3.05) is 52.4 Å². The topological polar surface area (TPSA) is 84.9 Å². The normalized spacial score (nSPS) is 23.8. The molecule has 120 valence electrons. The maximum absolute atomic E-state index is 12.0. The summed E-state index contributed by atoms with van der Waals surface area (Å²) in [4.78, 5) is 27.0. The summed E-state index contributed by atoms with van der Waals surface area (Å²) in [7, 11) is 0. The number of carbonyl (C=O) groups excluding carboxylic acids is 1. The molecular formula is C14H26N4O3. The molecule has 2 fully saturated rings. The maximum atomic E-state index is 12.0. The van der Waals surface area contributed by atoms with E-state index in [2.05, 4.69) is 15.5 Å². The molecule has 7 heteroatoms. The highest BCUT2D eigenvalue weighted by atomic mass is 16.4. The highest BCUT2D eigenvalue weighted by molar-refractivity contribution is 5.76. The fraction of sp³-hybridized carbons (Fsp3) is 0.857. The number of amides is 2. The van der Waals surface area contributed by atoms with Gasteiger partial charge >= 0.3 is 12.0 Å². The SMILES string of the molecule is O=C(O)[C@@H]1CCCN(C(=O)NCCCN2CCNCC2)C1. The second-order valence-electron chi connectivity index (χ2n) is 5.80. The number of carboxylic acid groups (broad SMARTS) is 1. The third-order valence-electron chi connectivity index (χ3n) is 4.19. The predicted molar refractivity (Wildman–Crippen MR) is 79.3 cm³/mol. The van der Waals surface area contributed by atoms with Crippen LogP contribution in [-0.2, 0) is 4.79 Å². The first kappa shape index (κ1) is 16.0. The third-order valence-corrected chi connectivity index (χ3v) is 4.19. The van der Waals surface area contributed by atoms with Crippen LogP contribution in [-0.4, -0.2) is 79.3 Å². The number of rotatable bonds is 5. The average Bonchev–Trinajstić information content (AvgIpc) is 2.52. The summed E-state index contributed by atoms with van der Waals surface area (Å²) in [5.41, 5.74) is 0.